The molecule has 3 aromatic heterocycles. The summed E-state index contributed by atoms with van der Waals surface area (Å²) in [6.07, 6.45) is 1.88. The standard InChI is InChI=1S/C35H22N2S/c1-3-17-31-28(13-1)29-14-2-4-18-32(29)37(31)26-12-6-10-24(22-26)23-9-5-11-25(21-23)27-15-7-16-30-34-33(38-35(27)30)19-8-20-36-34/h1-22H. The summed E-state index contributed by atoms with van der Waals surface area (Å²) in [6.45, 7) is 0. The third-order valence-electron chi connectivity index (χ3n) is 7.44. The molecule has 5 aromatic carbocycles. The van der Waals surface area contributed by atoms with Crippen molar-refractivity contribution in [3.05, 3.63) is 134 Å². The van der Waals surface area contributed by atoms with E-state index in [1.165, 1.54) is 64.5 Å². The third-order valence-corrected chi connectivity index (χ3v) is 8.64. The first kappa shape index (κ1) is 21.4. The maximum Gasteiger partial charge on any atom is 0.0888 e. The Kier molecular flexibility index (Phi) is 4.73. The molecule has 0 aliphatic heterocycles. The number of rotatable bonds is 3. The van der Waals surface area contributed by atoms with Gasteiger partial charge in [-0.05, 0) is 64.7 Å². The Hall–Kier alpha value is -4.73. The van der Waals surface area contributed by atoms with Crippen LogP contribution in [-0.4, -0.2) is 9.55 Å². The molecule has 0 spiro atoms. The van der Waals surface area contributed by atoms with Crippen molar-refractivity contribution in [1.82, 2.24) is 9.55 Å². The van der Waals surface area contributed by atoms with Crippen LogP contribution in [0.15, 0.2) is 134 Å². The molecule has 0 bridgehead atoms. The summed E-state index contributed by atoms with van der Waals surface area (Å²) >= 11 is 1.82. The molecule has 38 heavy (non-hydrogen) atoms. The predicted molar refractivity (Wildman–Crippen MR) is 162 cm³/mol. The number of aromatic nitrogens is 2. The van der Waals surface area contributed by atoms with Gasteiger partial charge in [-0.1, -0.05) is 84.9 Å². The summed E-state index contributed by atoms with van der Waals surface area (Å²) < 4.78 is 4.89. The molecule has 3 heteroatoms. The van der Waals surface area contributed by atoms with Gasteiger partial charge in [-0.15, -0.1) is 11.3 Å². The van der Waals surface area contributed by atoms with Crippen LogP contribution in [0.5, 0.6) is 0 Å². The molecule has 0 aliphatic rings. The van der Waals surface area contributed by atoms with Crippen molar-refractivity contribution in [1.29, 1.82) is 0 Å². The Morgan fingerprint density at radius 2 is 1.18 bits per heavy atom. The van der Waals surface area contributed by atoms with Crippen molar-refractivity contribution >= 4 is 53.4 Å². The maximum absolute atomic E-state index is 4.65. The Balaban J connectivity index is 1.28. The number of hydrogen-bond donors (Lipinski definition) is 0. The lowest BCUT2D eigenvalue weighted by Gasteiger charge is -2.11. The largest absolute Gasteiger partial charge is 0.309 e. The van der Waals surface area contributed by atoms with E-state index < -0.39 is 0 Å². The highest BCUT2D eigenvalue weighted by Gasteiger charge is 2.14. The minimum Gasteiger partial charge on any atom is -0.309 e. The molecule has 2 nitrogen and oxygen atoms in total. The third kappa shape index (κ3) is 3.22. The smallest absolute Gasteiger partial charge is 0.0888 e. The van der Waals surface area contributed by atoms with Crippen LogP contribution in [-0.2, 0) is 0 Å². The van der Waals surface area contributed by atoms with E-state index in [2.05, 4.69) is 131 Å². The number of para-hydroxylation sites is 2. The molecule has 178 valence electrons. The molecule has 0 saturated heterocycles. The lowest BCUT2D eigenvalue weighted by atomic mass is 9.98. The molecule has 0 radical (unpaired) electrons. The van der Waals surface area contributed by atoms with Crippen LogP contribution in [0, 0.1) is 0 Å². The zero-order chi connectivity index (χ0) is 25.1. The summed E-state index contributed by atoms with van der Waals surface area (Å²) in [5.74, 6) is 0. The fraction of sp³-hybridized carbons (Fsp3) is 0. The highest BCUT2D eigenvalue weighted by Crippen LogP contribution is 2.40. The number of fused-ring (bicyclic) bond motifs is 6. The second kappa shape index (κ2) is 8.41. The predicted octanol–water partition coefficient (Wildman–Crippen LogP) is 9.88. The first-order valence-electron chi connectivity index (χ1n) is 12.8. The molecule has 0 unspecified atom stereocenters. The van der Waals surface area contributed by atoms with Crippen molar-refractivity contribution in [2.45, 2.75) is 0 Å². The first-order valence-corrected chi connectivity index (χ1v) is 13.6. The van der Waals surface area contributed by atoms with Crippen molar-refractivity contribution < 1.29 is 0 Å². The zero-order valence-electron chi connectivity index (χ0n) is 20.5. The molecule has 0 amide bonds. The molecular formula is C35H22N2S. The van der Waals surface area contributed by atoms with Gasteiger partial charge in [0, 0.05) is 32.7 Å². The van der Waals surface area contributed by atoms with E-state index in [9.17, 15) is 0 Å². The number of nitrogens with zero attached hydrogens (tertiary/aromatic N) is 2. The Labute approximate surface area is 224 Å². The van der Waals surface area contributed by atoms with E-state index in [-0.39, 0.29) is 0 Å². The Morgan fingerprint density at radius 1 is 0.526 bits per heavy atom. The van der Waals surface area contributed by atoms with Gasteiger partial charge in [0.25, 0.3) is 0 Å². The second-order valence-corrected chi connectivity index (χ2v) is 10.7. The van der Waals surface area contributed by atoms with E-state index >= 15 is 0 Å². The van der Waals surface area contributed by atoms with E-state index in [1.54, 1.807) is 0 Å². The minimum atomic E-state index is 1.09. The lowest BCUT2D eigenvalue weighted by Crippen LogP contribution is -1.94. The van der Waals surface area contributed by atoms with Gasteiger partial charge in [0.15, 0.2) is 0 Å². The number of thiophene rings is 1. The normalized spacial score (nSPS) is 11.7. The Bertz CT molecular complexity index is 2090. The van der Waals surface area contributed by atoms with E-state index in [1.807, 2.05) is 23.6 Å². The number of pyridine rings is 1. The van der Waals surface area contributed by atoms with Crippen LogP contribution >= 0.6 is 11.3 Å². The van der Waals surface area contributed by atoms with Crippen molar-refractivity contribution in [2.75, 3.05) is 0 Å². The van der Waals surface area contributed by atoms with Gasteiger partial charge in [-0.25, -0.2) is 0 Å². The SMILES string of the molecule is c1cc(-c2cccc(-n3c4ccccc4c4ccccc43)c2)cc(-c2cccc3c2sc2cccnc23)c1. The van der Waals surface area contributed by atoms with Gasteiger partial charge in [0.1, 0.15) is 0 Å². The Morgan fingerprint density at radius 3 is 2.00 bits per heavy atom. The van der Waals surface area contributed by atoms with Gasteiger partial charge in [-0.3, -0.25) is 4.98 Å². The number of hydrogen-bond acceptors (Lipinski definition) is 2. The maximum atomic E-state index is 4.65. The highest BCUT2D eigenvalue weighted by molar-refractivity contribution is 7.26. The quantitative estimate of drug-likeness (QED) is 0.235. The monoisotopic (exact) mass is 502 g/mol. The molecular weight excluding hydrogens is 480 g/mol. The van der Waals surface area contributed by atoms with Crippen LogP contribution in [0.4, 0.5) is 0 Å². The van der Waals surface area contributed by atoms with Crippen LogP contribution in [0.3, 0.4) is 0 Å². The van der Waals surface area contributed by atoms with Gasteiger partial charge in [0.05, 0.1) is 21.3 Å². The average molecular weight is 503 g/mol. The summed E-state index contributed by atoms with van der Waals surface area (Å²) in [5, 5.41) is 3.78. The molecule has 0 atom stereocenters. The van der Waals surface area contributed by atoms with Crippen molar-refractivity contribution in [3.8, 4) is 27.9 Å². The average Bonchev–Trinajstić information content (AvgIpc) is 3.53. The van der Waals surface area contributed by atoms with Crippen LogP contribution in [0.25, 0.3) is 70.0 Å². The topological polar surface area (TPSA) is 17.8 Å². The van der Waals surface area contributed by atoms with E-state index in [4.69, 9.17) is 0 Å². The van der Waals surface area contributed by atoms with Gasteiger partial charge < -0.3 is 4.57 Å². The second-order valence-electron chi connectivity index (χ2n) is 9.64. The molecule has 0 fully saturated rings. The van der Waals surface area contributed by atoms with Crippen LogP contribution in [0.2, 0.25) is 0 Å². The molecule has 0 N–H and O–H groups in total. The lowest BCUT2D eigenvalue weighted by molar-refractivity contribution is 1.18. The highest BCUT2D eigenvalue weighted by atomic mass is 32.1. The van der Waals surface area contributed by atoms with Gasteiger partial charge in [0.2, 0.25) is 0 Å². The molecule has 3 heterocycles. The summed E-state index contributed by atoms with van der Waals surface area (Å²) in [4.78, 5) is 4.65. The summed E-state index contributed by atoms with van der Waals surface area (Å²) in [6, 6.07) is 45.9. The van der Waals surface area contributed by atoms with Crippen molar-refractivity contribution in [3.63, 3.8) is 0 Å². The fourth-order valence-corrected chi connectivity index (χ4v) is 6.93. The fourth-order valence-electron chi connectivity index (χ4n) is 5.74. The van der Waals surface area contributed by atoms with E-state index in [0.717, 1.165) is 5.52 Å². The summed E-state index contributed by atoms with van der Waals surface area (Å²) in [5.41, 5.74) is 9.60. The molecule has 8 rings (SSSR count). The van der Waals surface area contributed by atoms with Crippen LogP contribution < -0.4 is 0 Å². The zero-order valence-corrected chi connectivity index (χ0v) is 21.3. The molecule has 0 aliphatic carbocycles. The van der Waals surface area contributed by atoms with E-state index in [0.29, 0.717) is 0 Å². The van der Waals surface area contributed by atoms with Crippen LogP contribution in [0.1, 0.15) is 0 Å². The van der Waals surface area contributed by atoms with Gasteiger partial charge in [-0.2, -0.15) is 0 Å². The number of benzene rings is 5. The molecule has 0 saturated carbocycles. The van der Waals surface area contributed by atoms with Crippen molar-refractivity contribution in [2.24, 2.45) is 0 Å². The first-order chi connectivity index (χ1) is 18.8. The molecule has 8 aromatic rings. The van der Waals surface area contributed by atoms with Gasteiger partial charge >= 0.3 is 0 Å². The minimum absolute atomic E-state index is 1.09. The summed E-state index contributed by atoms with van der Waals surface area (Å²) in [7, 11) is 0.